The Morgan fingerprint density at radius 2 is 1.93 bits per heavy atom. The predicted molar refractivity (Wildman–Crippen MR) is 126 cm³/mol. The van der Waals surface area contributed by atoms with Crippen molar-refractivity contribution >= 4 is 29.9 Å². The van der Waals surface area contributed by atoms with Gasteiger partial charge in [0.05, 0.1) is 12.3 Å². The largest absolute Gasteiger partial charge is 0.381 e. The summed E-state index contributed by atoms with van der Waals surface area (Å²) < 4.78 is 10.7. The Morgan fingerprint density at radius 1 is 1.14 bits per heavy atom. The highest BCUT2D eigenvalue weighted by Gasteiger charge is 2.20. The molecule has 1 saturated heterocycles. The number of rotatable bonds is 9. The molecule has 0 aliphatic carbocycles. The van der Waals surface area contributed by atoms with Gasteiger partial charge in [-0.05, 0) is 18.4 Å². The molecule has 1 aliphatic heterocycles. The van der Waals surface area contributed by atoms with Gasteiger partial charge < -0.3 is 19.5 Å². The van der Waals surface area contributed by atoms with Crippen LogP contribution in [0.3, 0.4) is 0 Å². The third kappa shape index (κ3) is 8.31. The van der Waals surface area contributed by atoms with E-state index in [0.717, 1.165) is 77.0 Å². The van der Waals surface area contributed by atoms with Crippen LogP contribution < -0.4 is 5.32 Å². The third-order valence-corrected chi connectivity index (χ3v) is 4.89. The van der Waals surface area contributed by atoms with Crippen molar-refractivity contribution in [2.24, 2.45) is 4.99 Å². The molecule has 1 aromatic heterocycles. The molecular formula is C21H32IN5O2. The average molecular weight is 513 g/mol. The molecule has 0 atom stereocenters. The summed E-state index contributed by atoms with van der Waals surface area (Å²) in [6.45, 7) is 7.17. The standard InChI is InChI=1S/C21H31N5O2.HI/c1-22-21(23-10-5-15-27-16-8-19-6-3-2-4-7-19)26-13-11-25(12-14-26)18-20-9-17-28-24-20;/h2-4,6-7,9,17H,5,8,10-16,18H2,1H3,(H,22,23);1H. The lowest BCUT2D eigenvalue weighted by atomic mass is 10.2. The van der Waals surface area contributed by atoms with E-state index in [1.165, 1.54) is 5.56 Å². The van der Waals surface area contributed by atoms with Crippen LogP contribution in [0, 0.1) is 0 Å². The van der Waals surface area contributed by atoms with Crippen LogP contribution in [0.2, 0.25) is 0 Å². The molecule has 29 heavy (non-hydrogen) atoms. The van der Waals surface area contributed by atoms with E-state index in [9.17, 15) is 0 Å². The third-order valence-electron chi connectivity index (χ3n) is 4.89. The summed E-state index contributed by atoms with van der Waals surface area (Å²) in [6, 6.07) is 12.4. The topological polar surface area (TPSA) is 66.1 Å². The summed E-state index contributed by atoms with van der Waals surface area (Å²) in [5.41, 5.74) is 2.31. The number of guanidine groups is 1. The second-order valence-electron chi connectivity index (χ2n) is 6.93. The van der Waals surface area contributed by atoms with Gasteiger partial charge in [0.2, 0.25) is 0 Å². The number of hydrogen-bond acceptors (Lipinski definition) is 5. The quantitative estimate of drug-likeness (QED) is 0.241. The van der Waals surface area contributed by atoms with E-state index in [1.54, 1.807) is 6.26 Å². The van der Waals surface area contributed by atoms with Gasteiger partial charge in [0.25, 0.3) is 0 Å². The lowest BCUT2D eigenvalue weighted by Crippen LogP contribution is -2.52. The molecule has 8 heteroatoms. The second-order valence-corrected chi connectivity index (χ2v) is 6.93. The van der Waals surface area contributed by atoms with Gasteiger partial charge in [-0.25, -0.2) is 0 Å². The molecular weight excluding hydrogens is 481 g/mol. The number of nitrogens with one attached hydrogen (secondary N) is 1. The van der Waals surface area contributed by atoms with E-state index in [-0.39, 0.29) is 24.0 Å². The molecule has 0 radical (unpaired) electrons. The first-order valence-corrected chi connectivity index (χ1v) is 10.0. The zero-order chi connectivity index (χ0) is 19.4. The van der Waals surface area contributed by atoms with Gasteiger partial charge in [-0.15, -0.1) is 24.0 Å². The van der Waals surface area contributed by atoms with Crippen molar-refractivity contribution in [3.8, 4) is 0 Å². The first kappa shape index (κ1) is 23.6. The summed E-state index contributed by atoms with van der Waals surface area (Å²) >= 11 is 0. The van der Waals surface area contributed by atoms with Crippen LogP contribution >= 0.6 is 24.0 Å². The van der Waals surface area contributed by atoms with Gasteiger partial charge in [0, 0.05) is 59.0 Å². The predicted octanol–water partition coefficient (Wildman–Crippen LogP) is 2.64. The van der Waals surface area contributed by atoms with Crippen molar-refractivity contribution in [3.05, 3.63) is 53.9 Å². The van der Waals surface area contributed by atoms with E-state index in [4.69, 9.17) is 9.26 Å². The maximum Gasteiger partial charge on any atom is 0.193 e. The van der Waals surface area contributed by atoms with Crippen LogP contribution in [-0.2, 0) is 17.7 Å². The van der Waals surface area contributed by atoms with Crippen LogP contribution in [0.25, 0.3) is 0 Å². The highest BCUT2D eigenvalue weighted by atomic mass is 127. The lowest BCUT2D eigenvalue weighted by Gasteiger charge is -2.36. The fourth-order valence-electron chi connectivity index (χ4n) is 3.31. The summed E-state index contributed by atoms with van der Waals surface area (Å²) in [6.07, 6.45) is 3.57. The number of hydrogen-bond donors (Lipinski definition) is 1. The number of ether oxygens (including phenoxy) is 1. The molecule has 1 aromatic carbocycles. The number of aliphatic imine (C=N–C) groups is 1. The molecule has 0 saturated carbocycles. The SMILES string of the molecule is CN=C(NCCCOCCc1ccccc1)N1CCN(Cc2ccon2)CC1.I. The van der Waals surface area contributed by atoms with Crippen LogP contribution in [-0.4, -0.2) is 73.9 Å². The van der Waals surface area contributed by atoms with E-state index in [2.05, 4.69) is 49.5 Å². The van der Waals surface area contributed by atoms with Gasteiger partial charge in [-0.2, -0.15) is 0 Å². The van der Waals surface area contributed by atoms with E-state index < -0.39 is 0 Å². The molecule has 1 N–H and O–H groups in total. The van der Waals surface area contributed by atoms with Crippen LogP contribution in [0.4, 0.5) is 0 Å². The van der Waals surface area contributed by atoms with Gasteiger partial charge in [-0.1, -0.05) is 35.5 Å². The molecule has 1 fully saturated rings. The zero-order valence-electron chi connectivity index (χ0n) is 17.1. The fourth-order valence-corrected chi connectivity index (χ4v) is 3.31. The summed E-state index contributed by atoms with van der Waals surface area (Å²) in [5, 5.41) is 7.45. The summed E-state index contributed by atoms with van der Waals surface area (Å²) in [7, 11) is 1.85. The van der Waals surface area contributed by atoms with Crippen LogP contribution in [0.15, 0.2) is 52.2 Å². The van der Waals surface area contributed by atoms with E-state index >= 15 is 0 Å². The Kier molecular flexibility index (Phi) is 11.0. The molecule has 0 spiro atoms. The molecule has 0 amide bonds. The Hall–Kier alpha value is -1.65. The Labute approximate surface area is 190 Å². The maximum absolute atomic E-state index is 5.75. The van der Waals surface area contributed by atoms with Crippen molar-refractivity contribution in [3.63, 3.8) is 0 Å². The van der Waals surface area contributed by atoms with Crippen molar-refractivity contribution in [1.82, 2.24) is 20.3 Å². The molecule has 7 nitrogen and oxygen atoms in total. The Morgan fingerprint density at radius 3 is 2.62 bits per heavy atom. The molecule has 0 unspecified atom stereocenters. The monoisotopic (exact) mass is 513 g/mol. The average Bonchev–Trinajstić information content (AvgIpc) is 3.25. The molecule has 160 valence electrons. The van der Waals surface area contributed by atoms with E-state index in [0.29, 0.717) is 0 Å². The number of piperazine rings is 1. The Balaban J connectivity index is 0.00000300. The molecule has 3 rings (SSSR count). The number of aromatic nitrogens is 1. The molecule has 2 heterocycles. The minimum absolute atomic E-state index is 0. The van der Waals surface area contributed by atoms with Crippen LogP contribution in [0.5, 0.6) is 0 Å². The van der Waals surface area contributed by atoms with Crippen molar-refractivity contribution in [2.45, 2.75) is 19.4 Å². The normalized spacial score (nSPS) is 15.2. The first-order chi connectivity index (χ1) is 13.8. The number of halogens is 1. The zero-order valence-corrected chi connectivity index (χ0v) is 19.5. The number of nitrogens with zero attached hydrogens (tertiary/aromatic N) is 4. The van der Waals surface area contributed by atoms with Crippen molar-refractivity contribution in [2.75, 3.05) is 53.0 Å². The summed E-state index contributed by atoms with van der Waals surface area (Å²) in [4.78, 5) is 9.14. The summed E-state index contributed by atoms with van der Waals surface area (Å²) in [5.74, 6) is 0.977. The maximum atomic E-state index is 5.75. The van der Waals surface area contributed by atoms with E-state index in [1.807, 2.05) is 19.2 Å². The molecule has 2 aromatic rings. The lowest BCUT2D eigenvalue weighted by molar-refractivity contribution is 0.135. The second kappa shape index (κ2) is 13.6. The highest BCUT2D eigenvalue weighted by Crippen LogP contribution is 2.07. The highest BCUT2D eigenvalue weighted by molar-refractivity contribution is 14.0. The fraction of sp³-hybridized carbons (Fsp3) is 0.524. The minimum Gasteiger partial charge on any atom is -0.381 e. The van der Waals surface area contributed by atoms with Gasteiger partial charge >= 0.3 is 0 Å². The van der Waals surface area contributed by atoms with Gasteiger partial charge in [-0.3, -0.25) is 9.89 Å². The van der Waals surface area contributed by atoms with Gasteiger partial charge in [0.15, 0.2) is 5.96 Å². The van der Waals surface area contributed by atoms with Crippen molar-refractivity contribution < 1.29 is 9.26 Å². The minimum atomic E-state index is 0. The molecule has 1 aliphatic rings. The van der Waals surface area contributed by atoms with Crippen molar-refractivity contribution in [1.29, 1.82) is 0 Å². The molecule has 0 bridgehead atoms. The Bertz CT molecular complexity index is 688. The number of benzene rings is 1. The van der Waals surface area contributed by atoms with Gasteiger partial charge in [0.1, 0.15) is 6.26 Å². The first-order valence-electron chi connectivity index (χ1n) is 10.0. The smallest absolute Gasteiger partial charge is 0.193 e. The van der Waals surface area contributed by atoms with Crippen LogP contribution in [0.1, 0.15) is 17.7 Å².